The van der Waals surface area contributed by atoms with Crippen molar-refractivity contribution in [1.82, 2.24) is 10.2 Å². The molecule has 8 heteroatoms. The Bertz CT molecular complexity index is 649. The molecule has 0 aliphatic carbocycles. The van der Waals surface area contributed by atoms with Gasteiger partial charge in [0, 0.05) is 18.4 Å². The number of carbonyl (C=O) groups is 1. The van der Waals surface area contributed by atoms with E-state index in [-0.39, 0.29) is 36.1 Å². The zero-order chi connectivity index (χ0) is 15.6. The van der Waals surface area contributed by atoms with E-state index in [1.165, 1.54) is 0 Å². The molecule has 1 aromatic heterocycles. The third kappa shape index (κ3) is 3.59. The molecule has 0 spiro atoms. The van der Waals surface area contributed by atoms with Crippen LogP contribution in [-0.4, -0.2) is 21.3 Å². The molecule has 1 aromatic carbocycles. The number of benzene rings is 1. The highest BCUT2D eigenvalue weighted by Gasteiger charge is 2.17. The lowest BCUT2D eigenvalue weighted by molar-refractivity contribution is -0.137. The van der Waals surface area contributed by atoms with Gasteiger partial charge < -0.3 is 9.52 Å². The third-order valence-corrected chi connectivity index (χ3v) is 2.74. The van der Waals surface area contributed by atoms with Gasteiger partial charge in [-0.05, 0) is 18.1 Å². The zero-order valence-electron chi connectivity index (χ0n) is 10.9. The average Bonchev–Trinajstić information content (AvgIpc) is 2.82. The molecule has 1 N–H and O–H groups in total. The Morgan fingerprint density at radius 1 is 1.29 bits per heavy atom. The van der Waals surface area contributed by atoms with E-state index < -0.39 is 23.4 Å². The van der Waals surface area contributed by atoms with Gasteiger partial charge in [-0.3, -0.25) is 4.79 Å². The fraction of sp³-hybridized carbons (Fsp3) is 0.308. The predicted octanol–water partition coefficient (Wildman–Crippen LogP) is 2.81. The first-order chi connectivity index (χ1) is 9.86. The Kier molecular flexibility index (Phi) is 4.25. The lowest BCUT2D eigenvalue weighted by atomic mass is 10.0. The van der Waals surface area contributed by atoms with Crippen LogP contribution < -0.4 is 0 Å². The van der Waals surface area contributed by atoms with Crippen molar-refractivity contribution in [2.75, 3.05) is 0 Å². The maximum Gasteiger partial charge on any atom is 0.303 e. The fourth-order valence-electron chi connectivity index (χ4n) is 1.80. The second kappa shape index (κ2) is 5.94. The van der Waals surface area contributed by atoms with Crippen molar-refractivity contribution >= 4 is 5.97 Å². The largest absolute Gasteiger partial charge is 0.481 e. The van der Waals surface area contributed by atoms with Crippen LogP contribution in [0.2, 0.25) is 0 Å². The summed E-state index contributed by atoms with van der Waals surface area (Å²) in [6.45, 7) is 1.69. The van der Waals surface area contributed by atoms with E-state index in [1.54, 1.807) is 6.92 Å². The van der Waals surface area contributed by atoms with E-state index in [0.29, 0.717) is 0 Å². The predicted molar refractivity (Wildman–Crippen MR) is 64.7 cm³/mol. The van der Waals surface area contributed by atoms with Crippen molar-refractivity contribution in [3.63, 3.8) is 0 Å². The van der Waals surface area contributed by atoms with E-state index in [4.69, 9.17) is 9.52 Å². The van der Waals surface area contributed by atoms with Crippen molar-refractivity contribution in [2.24, 2.45) is 5.92 Å². The topological polar surface area (TPSA) is 76.2 Å². The van der Waals surface area contributed by atoms with Crippen LogP contribution in [0, 0.1) is 23.4 Å². The van der Waals surface area contributed by atoms with Crippen molar-refractivity contribution in [3.8, 4) is 11.5 Å². The fourth-order valence-corrected chi connectivity index (χ4v) is 1.80. The van der Waals surface area contributed by atoms with E-state index in [9.17, 15) is 18.0 Å². The molecule has 0 amide bonds. The second-order valence-electron chi connectivity index (χ2n) is 4.66. The minimum Gasteiger partial charge on any atom is -0.481 e. The molecule has 1 atom stereocenters. The Morgan fingerprint density at radius 2 is 1.90 bits per heavy atom. The molecule has 0 saturated carbocycles. The Balaban J connectivity index is 2.18. The van der Waals surface area contributed by atoms with Crippen LogP contribution in [0.25, 0.3) is 11.5 Å². The monoisotopic (exact) mass is 300 g/mol. The maximum absolute atomic E-state index is 13.1. The molecule has 5 nitrogen and oxygen atoms in total. The number of hydrogen-bond acceptors (Lipinski definition) is 4. The van der Waals surface area contributed by atoms with Crippen LogP contribution in [-0.2, 0) is 11.2 Å². The summed E-state index contributed by atoms with van der Waals surface area (Å²) in [6, 6.07) is 1.49. The number of nitrogens with zero attached hydrogens (tertiary/aromatic N) is 2. The number of aromatic nitrogens is 2. The van der Waals surface area contributed by atoms with Crippen molar-refractivity contribution in [2.45, 2.75) is 19.8 Å². The number of hydrogen-bond donors (Lipinski definition) is 1. The van der Waals surface area contributed by atoms with Crippen molar-refractivity contribution < 1.29 is 27.5 Å². The molecule has 2 aromatic rings. The highest BCUT2D eigenvalue weighted by molar-refractivity contribution is 5.66. The van der Waals surface area contributed by atoms with E-state index in [2.05, 4.69) is 10.2 Å². The maximum atomic E-state index is 13.1. The van der Waals surface area contributed by atoms with Gasteiger partial charge in [0.15, 0.2) is 17.5 Å². The number of halogens is 3. The number of aliphatic carboxylic acids is 1. The van der Waals surface area contributed by atoms with Crippen LogP contribution in [0.15, 0.2) is 16.5 Å². The summed E-state index contributed by atoms with van der Waals surface area (Å²) in [5, 5.41) is 15.9. The molecule has 112 valence electrons. The third-order valence-electron chi connectivity index (χ3n) is 2.74. The van der Waals surface area contributed by atoms with Crippen LogP contribution in [0.5, 0.6) is 0 Å². The summed E-state index contributed by atoms with van der Waals surface area (Å²) < 4.78 is 44.3. The molecule has 0 aliphatic rings. The van der Waals surface area contributed by atoms with Gasteiger partial charge >= 0.3 is 5.97 Å². The average molecular weight is 300 g/mol. The molecule has 1 heterocycles. The SMILES string of the molecule is CC(CC(=O)O)Cc1nnc(-c2cc(F)c(F)c(F)c2)o1. The summed E-state index contributed by atoms with van der Waals surface area (Å²) in [5.41, 5.74) is -0.0870. The molecule has 0 bridgehead atoms. The standard InChI is InChI=1S/C13H11F3N2O3/c1-6(3-11(19)20)2-10-17-18-13(21-10)7-4-8(14)12(16)9(15)5-7/h4-6H,2-3H2,1H3,(H,19,20). The number of carboxylic acid groups (broad SMARTS) is 1. The molecule has 0 aliphatic heterocycles. The Morgan fingerprint density at radius 3 is 2.48 bits per heavy atom. The summed E-state index contributed by atoms with van der Waals surface area (Å²) in [7, 11) is 0. The van der Waals surface area contributed by atoms with Gasteiger partial charge in [0.2, 0.25) is 11.8 Å². The summed E-state index contributed by atoms with van der Waals surface area (Å²) in [5.74, 6) is -5.50. The summed E-state index contributed by atoms with van der Waals surface area (Å²) in [4.78, 5) is 10.5. The lowest BCUT2D eigenvalue weighted by Crippen LogP contribution is -2.07. The lowest BCUT2D eigenvalue weighted by Gasteiger charge is -2.03. The van der Waals surface area contributed by atoms with E-state index in [0.717, 1.165) is 12.1 Å². The Hall–Kier alpha value is -2.38. The first kappa shape index (κ1) is 15.0. The molecule has 21 heavy (non-hydrogen) atoms. The van der Waals surface area contributed by atoms with Gasteiger partial charge in [0.1, 0.15) is 0 Å². The van der Waals surface area contributed by atoms with Crippen LogP contribution >= 0.6 is 0 Å². The highest BCUT2D eigenvalue weighted by Crippen LogP contribution is 2.23. The van der Waals surface area contributed by atoms with Crippen LogP contribution in [0.4, 0.5) is 13.2 Å². The molecule has 2 rings (SSSR count). The Labute approximate surface area is 117 Å². The van der Waals surface area contributed by atoms with Gasteiger partial charge in [-0.25, -0.2) is 13.2 Å². The van der Waals surface area contributed by atoms with Crippen molar-refractivity contribution in [1.29, 1.82) is 0 Å². The van der Waals surface area contributed by atoms with Crippen molar-refractivity contribution in [3.05, 3.63) is 35.5 Å². The van der Waals surface area contributed by atoms with Gasteiger partial charge in [0.25, 0.3) is 0 Å². The highest BCUT2D eigenvalue weighted by atomic mass is 19.2. The number of carboxylic acids is 1. The first-order valence-electron chi connectivity index (χ1n) is 6.06. The molecule has 0 fully saturated rings. The molecule has 0 saturated heterocycles. The van der Waals surface area contributed by atoms with Crippen LogP contribution in [0.1, 0.15) is 19.2 Å². The minimum atomic E-state index is -1.58. The van der Waals surface area contributed by atoms with Gasteiger partial charge in [0.05, 0.1) is 0 Å². The minimum absolute atomic E-state index is 0.0719. The molecular formula is C13H11F3N2O3. The van der Waals surface area contributed by atoms with E-state index >= 15 is 0 Å². The normalized spacial score (nSPS) is 12.4. The molecule has 0 radical (unpaired) electrons. The smallest absolute Gasteiger partial charge is 0.303 e. The van der Waals surface area contributed by atoms with Gasteiger partial charge in [-0.1, -0.05) is 6.92 Å². The first-order valence-corrected chi connectivity index (χ1v) is 6.06. The van der Waals surface area contributed by atoms with Gasteiger partial charge in [-0.15, -0.1) is 10.2 Å². The molecular weight excluding hydrogens is 289 g/mol. The number of rotatable bonds is 5. The quantitative estimate of drug-likeness (QED) is 0.859. The zero-order valence-corrected chi connectivity index (χ0v) is 10.9. The molecule has 1 unspecified atom stereocenters. The van der Waals surface area contributed by atoms with E-state index in [1.807, 2.05) is 0 Å². The van der Waals surface area contributed by atoms with Gasteiger partial charge in [-0.2, -0.15) is 0 Å². The summed E-state index contributed by atoms with van der Waals surface area (Å²) in [6.07, 6.45) is 0.142. The summed E-state index contributed by atoms with van der Waals surface area (Å²) >= 11 is 0. The second-order valence-corrected chi connectivity index (χ2v) is 4.66. The van der Waals surface area contributed by atoms with Crippen LogP contribution in [0.3, 0.4) is 0 Å².